The van der Waals surface area contributed by atoms with E-state index in [1.165, 1.54) is 6.20 Å². The summed E-state index contributed by atoms with van der Waals surface area (Å²) in [5.74, 6) is -0.601. The molecule has 1 atom stereocenters. The third-order valence-corrected chi connectivity index (χ3v) is 2.21. The molecule has 1 heterocycles. The molecule has 0 fully saturated rings. The van der Waals surface area contributed by atoms with Crippen molar-refractivity contribution in [1.82, 2.24) is 9.97 Å². The van der Waals surface area contributed by atoms with Crippen LogP contribution in [-0.4, -0.2) is 40.3 Å². The SMILES string of the molecule is CCOC(C)CNc1ncc(C(=O)O)c(C)n1. The lowest BCUT2D eigenvalue weighted by Crippen LogP contribution is -2.21. The van der Waals surface area contributed by atoms with Crippen molar-refractivity contribution in [3.05, 3.63) is 17.5 Å². The topological polar surface area (TPSA) is 84.3 Å². The predicted octanol–water partition coefficient (Wildman–Crippen LogP) is 1.32. The normalized spacial score (nSPS) is 12.2. The molecule has 0 aliphatic rings. The van der Waals surface area contributed by atoms with Crippen LogP contribution in [0.1, 0.15) is 29.9 Å². The van der Waals surface area contributed by atoms with E-state index in [1.807, 2.05) is 13.8 Å². The molecule has 0 aliphatic heterocycles. The number of ether oxygens (including phenoxy) is 1. The maximum absolute atomic E-state index is 10.8. The molecule has 17 heavy (non-hydrogen) atoms. The number of nitrogens with zero attached hydrogens (tertiary/aromatic N) is 2. The Labute approximate surface area is 100 Å². The van der Waals surface area contributed by atoms with E-state index in [0.717, 1.165) is 0 Å². The number of anilines is 1. The Bertz CT molecular complexity index is 396. The second-order valence-electron chi connectivity index (χ2n) is 3.64. The first-order valence-electron chi connectivity index (χ1n) is 5.47. The maximum Gasteiger partial charge on any atom is 0.339 e. The van der Waals surface area contributed by atoms with Gasteiger partial charge in [0, 0.05) is 19.3 Å². The number of aryl methyl sites for hydroxylation is 1. The highest BCUT2D eigenvalue weighted by molar-refractivity contribution is 5.88. The Balaban J connectivity index is 2.62. The van der Waals surface area contributed by atoms with Gasteiger partial charge < -0.3 is 15.2 Å². The van der Waals surface area contributed by atoms with Gasteiger partial charge in [-0.1, -0.05) is 0 Å². The fraction of sp³-hybridized carbons (Fsp3) is 0.545. The molecule has 2 N–H and O–H groups in total. The van der Waals surface area contributed by atoms with Crippen LogP contribution in [0.25, 0.3) is 0 Å². The van der Waals surface area contributed by atoms with Gasteiger partial charge in [0.05, 0.1) is 17.4 Å². The van der Waals surface area contributed by atoms with Gasteiger partial charge in [-0.05, 0) is 20.8 Å². The highest BCUT2D eigenvalue weighted by atomic mass is 16.5. The molecule has 6 heteroatoms. The molecular weight excluding hydrogens is 222 g/mol. The first-order chi connectivity index (χ1) is 8.04. The van der Waals surface area contributed by atoms with Crippen LogP contribution in [0.2, 0.25) is 0 Å². The van der Waals surface area contributed by atoms with E-state index in [-0.39, 0.29) is 11.7 Å². The summed E-state index contributed by atoms with van der Waals surface area (Å²) in [6, 6.07) is 0. The fourth-order valence-corrected chi connectivity index (χ4v) is 1.34. The maximum atomic E-state index is 10.8. The number of rotatable bonds is 6. The Morgan fingerprint density at radius 3 is 2.88 bits per heavy atom. The van der Waals surface area contributed by atoms with Crippen LogP contribution in [0.15, 0.2) is 6.20 Å². The minimum Gasteiger partial charge on any atom is -0.478 e. The quantitative estimate of drug-likeness (QED) is 0.778. The zero-order valence-corrected chi connectivity index (χ0v) is 10.2. The van der Waals surface area contributed by atoms with Crippen molar-refractivity contribution in [2.75, 3.05) is 18.5 Å². The summed E-state index contributed by atoms with van der Waals surface area (Å²) in [5.41, 5.74) is 0.562. The average molecular weight is 239 g/mol. The van der Waals surface area contributed by atoms with E-state index in [2.05, 4.69) is 15.3 Å². The second kappa shape index (κ2) is 6.15. The highest BCUT2D eigenvalue weighted by Gasteiger charge is 2.10. The molecular formula is C11H17N3O3. The minimum atomic E-state index is -1.02. The molecule has 0 bridgehead atoms. The van der Waals surface area contributed by atoms with Crippen LogP contribution >= 0.6 is 0 Å². The number of hydrogen-bond donors (Lipinski definition) is 2. The molecule has 0 spiro atoms. The smallest absolute Gasteiger partial charge is 0.339 e. The lowest BCUT2D eigenvalue weighted by Gasteiger charge is -2.12. The monoisotopic (exact) mass is 239 g/mol. The summed E-state index contributed by atoms with van der Waals surface area (Å²) in [4.78, 5) is 18.8. The van der Waals surface area contributed by atoms with E-state index in [0.29, 0.717) is 24.8 Å². The molecule has 1 unspecified atom stereocenters. The number of aromatic nitrogens is 2. The van der Waals surface area contributed by atoms with Gasteiger partial charge >= 0.3 is 5.97 Å². The van der Waals surface area contributed by atoms with Crippen molar-refractivity contribution in [1.29, 1.82) is 0 Å². The largest absolute Gasteiger partial charge is 0.478 e. The van der Waals surface area contributed by atoms with Gasteiger partial charge in [-0.3, -0.25) is 0 Å². The average Bonchev–Trinajstić information content (AvgIpc) is 2.26. The molecule has 0 aromatic carbocycles. The number of carboxylic acids is 1. The molecule has 94 valence electrons. The Morgan fingerprint density at radius 2 is 2.35 bits per heavy atom. The summed E-state index contributed by atoms with van der Waals surface area (Å²) in [7, 11) is 0. The molecule has 0 amide bonds. The van der Waals surface area contributed by atoms with Gasteiger partial charge in [-0.15, -0.1) is 0 Å². The zero-order chi connectivity index (χ0) is 12.8. The van der Waals surface area contributed by atoms with E-state index < -0.39 is 5.97 Å². The summed E-state index contributed by atoms with van der Waals surface area (Å²) in [6.07, 6.45) is 1.36. The first-order valence-corrected chi connectivity index (χ1v) is 5.47. The highest BCUT2D eigenvalue weighted by Crippen LogP contribution is 2.07. The molecule has 0 aliphatic carbocycles. The molecule has 0 saturated carbocycles. The lowest BCUT2D eigenvalue weighted by molar-refractivity contribution is 0.0695. The van der Waals surface area contributed by atoms with E-state index >= 15 is 0 Å². The van der Waals surface area contributed by atoms with Crippen LogP contribution in [0.3, 0.4) is 0 Å². The number of nitrogens with one attached hydrogen (secondary N) is 1. The molecule has 1 aromatic rings. The van der Waals surface area contributed by atoms with Crippen molar-refractivity contribution < 1.29 is 14.6 Å². The molecule has 1 aromatic heterocycles. The van der Waals surface area contributed by atoms with E-state index in [4.69, 9.17) is 9.84 Å². The predicted molar refractivity (Wildman–Crippen MR) is 63.3 cm³/mol. The van der Waals surface area contributed by atoms with Crippen molar-refractivity contribution in [3.8, 4) is 0 Å². The Kier molecular flexibility index (Phi) is 4.84. The first kappa shape index (κ1) is 13.4. The van der Waals surface area contributed by atoms with Gasteiger partial charge in [0.2, 0.25) is 5.95 Å². The fourth-order valence-electron chi connectivity index (χ4n) is 1.34. The molecule has 0 saturated heterocycles. The minimum absolute atomic E-state index is 0.0584. The van der Waals surface area contributed by atoms with Gasteiger partial charge in [0.15, 0.2) is 0 Å². The van der Waals surface area contributed by atoms with Crippen molar-refractivity contribution in [2.24, 2.45) is 0 Å². The molecule has 6 nitrogen and oxygen atoms in total. The Morgan fingerprint density at radius 1 is 1.65 bits per heavy atom. The van der Waals surface area contributed by atoms with Crippen molar-refractivity contribution in [3.63, 3.8) is 0 Å². The Hall–Kier alpha value is -1.69. The van der Waals surface area contributed by atoms with E-state index in [1.54, 1.807) is 6.92 Å². The third-order valence-electron chi connectivity index (χ3n) is 2.21. The van der Waals surface area contributed by atoms with Crippen LogP contribution in [-0.2, 0) is 4.74 Å². The van der Waals surface area contributed by atoms with Gasteiger partial charge in [0.1, 0.15) is 0 Å². The lowest BCUT2D eigenvalue weighted by atomic mass is 10.2. The second-order valence-corrected chi connectivity index (χ2v) is 3.64. The van der Waals surface area contributed by atoms with Crippen LogP contribution in [0, 0.1) is 6.92 Å². The summed E-state index contributed by atoms with van der Waals surface area (Å²) >= 11 is 0. The number of aromatic carboxylic acids is 1. The van der Waals surface area contributed by atoms with Crippen molar-refractivity contribution >= 4 is 11.9 Å². The standard InChI is InChI=1S/C11H17N3O3/c1-4-17-7(2)5-12-11-13-6-9(10(15)16)8(3)14-11/h6-7H,4-5H2,1-3H3,(H,15,16)(H,12,13,14). The van der Waals surface area contributed by atoms with Gasteiger partial charge in [-0.25, -0.2) is 14.8 Å². The number of hydrogen-bond acceptors (Lipinski definition) is 5. The van der Waals surface area contributed by atoms with Gasteiger partial charge in [0.25, 0.3) is 0 Å². The van der Waals surface area contributed by atoms with Crippen LogP contribution < -0.4 is 5.32 Å². The van der Waals surface area contributed by atoms with Crippen LogP contribution in [0.4, 0.5) is 5.95 Å². The van der Waals surface area contributed by atoms with E-state index in [9.17, 15) is 4.79 Å². The third kappa shape index (κ3) is 3.99. The summed E-state index contributed by atoms with van der Waals surface area (Å²) in [6.45, 7) is 6.75. The van der Waals surface area contributed by atoms with Crippen molar-refractivity contribution in [2.45, 2.75) is 26.9 Å². The van der Waals surface area contributed by atoms with Crippen LogP contribution in [0.5, 0.6) is 0 Å². The number of carboxylic acid groups (broad SMARTS) is 1. The van der Waals surface area contributed by atoms with Gasteiger partial charge in [-0.2, -0.15) is 0 Å². The summed E-state index contributed by atoms with van der Waals surface area (Å²) in [5, 5.41) is 11.8. The number of carbonyl (C=O) groups is 1. The summed E-state index contributed by atoms with van der Waals surface area (Å²) < 4.78 is 5.34. The molecule has 1 rings (SSSR count). The molecule has 0 radical (unpaired) electrons. The zero-order valence-electron chi connectivity index (χ0n) is 10.2.